The lowest BCUT2D eigenvalue weighted by molar-refractivity contribution is -0.386. The Morgan fingerprint density at radius 3 is 2.71 bits per heavy atom. The Morgan fingerprint density at radius 2 is 2.18 bits per heavy atom. The van der Waals surface area contributed by atoms with Crippen LogP contribution in [0, 0.1) is 22.9 Å². The predicted octanol–water partition coefficient (Wildman–Crippen LogP) is 1.91. The summed E-state index contributed by atoms with van der Waals surface area (Å²) in [4.78, 5) is 10.1. The van der Waals surface area contributed by atoms with Crippen molar-refractivity contribution in [1.82, 2.24) is 0 Å². The van der Waals surface area contributed by atoms with E-state index in [4.69, 9.17) is 10.5 Å². The Bertz CT molecular complexity index is 458. The molecule has 1 aliphatic carbocycles. The zero-order valence-corrected chi connectivity index (χ0v) is 9.35. The SMILES string of the molecule is Cc1cc(OC2CC(N)C2)c([N+](=O)[O-])cc1F. The molecule has 1 aromatic rings. The van der Waals surface area contributed by atoms with Crippen molar-refractivity contribution in [3.05, 3.63) is 33.6 Å². The summed E-state index contributed by atoms with van der Waals surface area (Å²) in [5.74, 6) is -0.486. The fourth-order valence-corrected chi connectivity index (χ4v) is 1.76. The number of nitro groups is 1. The number of nitro benzene ring substituents is 1. The molecule has 5 nitrogen and oxygen atoms in total. The Kier molecular flexibility index (Phi) is 2.97. The third-order valence-corrected chi connectivity index (χ3v) is 2.86. The van der Waals surface area contributed by atoms with E-state index in [0.717, 1.165) is 6.07 Å². The molecule has 0 heterocycles. The molecule has 0 aromatic heterocycles. The van der Waals surface area contributed by atoms with E-state index in [1.54, 1.807) is 6.92 Å². The topological polar surface area (TPSA) is 78.4 Å². The van der Waals surface area contributed by atoms with Crippen molar-refractivity contribution in [1.29, 1.82) is 0 Å². The van der Waals surface area contributed by atoms with Gasteiger partial charge >= 0.3 is 5.69 Å². The minimum atomic E-state index is -0.642. The first-order valence-corrected chi connectivity index (χ1v) is 5.34. The summed E-state index contributed by atoms with van der Waals surface area (Å²) in [5.41, 5.74) is 5.59. The van der Waals surface area contributed by atoms with Gasteiger partial charge in [-0.25, -0.2) is 4.39 Å². The maximum absolute atomic E-state index is 13.2. The smallest absolute Gasteiger partial charge is 0.313 e. The van der Waals surface area contributed by atoms with Crippen LogP contribution < -0.4 is 10.5 Å². The molecule has 0 spiro atoms. The van der Waals surface area contributed by atoms with Gasteiger partial charge in [0, 0.05) is 6.04 Å². The van der Waals surface area contributed by atoms with E-state index in [-0.39, 0.29) is 23.6 Å². The van der Waals surface area contributed by atoms with Gasteiger partial charge in [0.05, 0.1) is 11.0 Å². The van der Waals surface area contributed by atoms with Crippen molar-refractivity contribution >= 4 is 5.69 Å². The van der Waals surface area contributed by atoms with Gasteiger partial charge in [-0.05, 0) is 31.4 Å². The fraction of sp³-hybridized carbons (Fsp3) is 0.455. The molecule has 17 heavy (non-hydrogen) atoms. The Balaban J connectivity index is 2.25. The molecule has 0 saturated heterocycles. The summed E-state index contributed by atoms with van der Waals surface area (Å²) >= 11 is 0. The summed E-state index contributed by atoms with van der Waals surface area (Å²) in [6.45, 7) is 1.54. The summed E-state index contributed by atoms with van der Waals surface area (Å²) < 4.78 is 18.7. The van der Waals surface area contributed by atoms with Crippen LogP contribution in [-0.2, 0) is 0 Å². The van der Waals surface area contributed by atoms with Crippen LogP contribution in [0.1, 0.15) is 18.4 Å². The van der Waals surface area contributed by atoms with Crippen LogP contribution in [0.4, 0.5) is 10.1 Å². The number of benzene rings is 1. The van der Waals surface area contributed by atoms with Gasteiger partial charge in [-0.15, -0.1) is 0 Å². The number of ether oxygens (including phenoxy) is 1. The molecule has 0 unspecified atom stereocenters. The average Bonchev–Trinajstić information content (AvgIpc) is 2.20. The van der Waals surface area contributed by atoms with E-state index in [9.17, 15) is 14.5 Å². The lowest BCUT2D eigenvalue weighted by Crippen LogP contribution is -2.43. The maximum atomic E-state index is 13.2. The second kappa shape index (κ2) is 4.29. The molecule has 0 amide bonds. The van der Waals surface area contributed by atoms with Crippen LogP contribution in [0.2, 0.25) is 0 Å². The maximum Gasteiger partial charge on any atom is 0.313 e. The largest absolute Gasteiger partial charge is 0.483 e. The lowest BCUT2D eigenvalue weighted by atomic mass is 9.90. The normalized spacial score (nSPS) is 23.0. The van der Waals surface area contributed by atoms with Crippen molar-refractivity contribution < 1.29 is 14.1 Å². The van der Waals surface area contributed by atoms with E-state index in [1.807, 2.05) is 0 Å². The average molecular weight is 240 g/mol. The van der Waals surface area contributed by atoms with Gasteiger partial charge in [0.25, 0.3) is 0 Å². The fourth-order valence-electron chi connectivity index (χ4n) is 1.76. The number of hydrogen-bond acceptors (Lipinski definition) is 4. The molecule has 92 valence electrons. The zero-order valence-electron chi connectivity index (χ0n) is 9.35. The molecule has 1 aromatic carbocycles. The number of hydrogen-bond donors (Lipinski definition) is 1. The molecular weight excluding hydrogens is 227 g/mol. The monoisotopic (exact) mass is 240 g/mol. The summed E-state index contributed by atoms with van der Waals surface area (Å²) in [5, 5.41) is 10.8. The minimum Gasteiger partial charge on any atom is -0.483 e. The number of rotatable bonds is 3. The van der Waals surface area contributed by atoms with E-state index in [0.29, 0.717) is 18.4 Å². The lowest BCUT2D eigenvalue weighted by Gasteiger charge is -2.32. The number of nitrogens with two attached hydrogens (primary N) is 1. The number of nitrogens with zero attached hydrogens (tertiary/aromatic N) is 1. The van der Waals surface area contributed by atoms with Gasteiger partial charge in [0.15, 0.2) is 5.75 Å². The van der Waals surface area contributed by atoms with Gasteiger partial charge in [-0.2, -0.15) is 0 Å². The van der Waals surface area contributed by atoms with Crippen LogP contribution >= 0.6 is 0 Å². The quantitative estimate of drug-likeness (QED) is 0.646. The van der Waals surface area contributed by atoms with Gasteiger partial charge in [0.1, 0.15) is 11.9 Å². The van der Waals surface area contributed by atoms with E-state index >= 15 is 0 Å². The first-order chi connectivity index (χ1) is 7.97. The first kappa shape index (κ1) is 11.8. The molecular formula is C11H13FN2O3. The number of aryl methyl sites for hydroxylation is 1. The highest BCUT2D eigenvalue weighted by Gasteiger charge is 2.30. The van der Waals surface area contributed by atoms with Crippen LogP contribution in [0.3, 0.4) is 0 Å². The highest BCUT2D eigenvalue weighted by Crippen LogP contribution is 2.33. The second-order valence-corrected chi connectivity index (χ2v) is 4.30. The van der Waals surface area contributed by atoms with Crippen LogP contribution in [0.5, 0.6) is 5.75 Å². The Labute approximate surface area is 97.5 Å². The third kappa shape index (κ3) is 2.36. The molecule has 2 rings (SSSR count). The standard InChI is InChI=1S/C11H13FN2O3/c1-6-2-11(17-8-3-7(13)4-8)10(14(15)16)5-9(6)12/h2,5,7-8H,3-4,13H2,1H3. The van der Waals surface area contributed by atoms with Gasteiger partial charge in [0.2, 0.25) is 0 Å². The van der Waals surface area contributed by atoms with E-state index in [2.05, 4.69) is 0 Å². The summed E-state index contributed by atoms with van der Waals surface area (Å²) in [6, 6.07) is 2.35. The van der Waals surface area contributed by atoms with Gasteiger partial charge < -0.3 is 10.5 Å². The van der Waals surface area contributed by atoms with Crippen molar-refractivity contribution in [3.63, 3.8) is 0 Å². The Morgan fingerprint density at radius 1 is 1.53 bits per heavy atom. The van der Waals surface area contributed by atoms with Crippen molar-refractivity contribution in [3.8, 4) is 5.75 Å². The molecule has 1 saturated carbocycles. The van der Waals surface area contributed by atoms with Gasteiger partial charge in [-0.3, -0.25) is 10.1 Å². The highest BCUT2D eigenvalue weighted by atomic mass is 19.1. The Hall–Kier alpha value is -1.69. The third-order valence-electron chi connectivity index (χ3n) is 2.86. The molecule has 0 aliphatic heterocycles. The first-order valence-electron chi connectivity index (χ1n) is 5.34. The zero-order chi connectivity index (χ0) is 12.6. The summed E-state index contributed by atoms with van der Waals surface area (Å²) in [7, 11) is 0. The molecule has 6 heteroatoms. The molecule has 1 aliphatic rings. The molecule has 0 radical (unpaired) electrons. The van der Waals surface area contributed by atoms with Crippen molar-refractivity contribution in [2.24, 2.45) is 5.73 Å². The molecule has 2 N–H and O–H groups in total. The van der Waals surface area contributed by atoms with Crippen molar-refractivity contribution in [2.75, 3.05) is 0 Å². The summed E-state index contributed by atoms with van der Waals surface area (Å²) in [6.07, 6.45) is 1.25. The predicted molar refractivity (Wildman–Crippen MR) is 59.4 cm³/mol. The van der Waals surface area contributed by atoms with E-state index in [1.165, 1.54) is 6.07 Å². The highest BCUT2D eigenvalue weighted by molar-refractivity contribution is 5.49. The second-order valence-electron chi connectivity index (χ2n) is 4.30. The molecule has 0 atom stereocenters. The minimum absolute atomic E-state index is 0.0978. The number of halogens is 1. The van der Waals surface area contributed by atoms with Crippen LogP contribution in [-0.4, -0.2) is 17.1 Å². The van der Waals surface area contributed by atoms with Crippen LogP contribution in [0.25, 0.3) is 0 Å². The molecule has 0 bridgehead atoms. The van der Waals surface area contributed by atoms with Gasteiger partial charge in [-0.1, -0.05) is 0 Å². The van der Waals surface area contributed by atoms with Crippen LogP contribution in [0.15, 0.2) is 12.1 Å². The van der Waals surface area contributed by atoms with E-state index < -0.39 is 10.7 Å². The molecule has 1 fully saturated rings. The van der Waals surface area contributed by atoms with Crippen molar-refractivity contribution in [2.45, 2.75) is 31.9 Å².